The third-order valence-corrected chi connectivity index (χ3v) is 7.27. The Morgan fingerprint density at radius 2 is 1.49 bits per heavy atom. The highest BCUT2D eigenvalue weighted by atomic mass is 33.1. The van der Waals surface area contributed by atoms with Crippen LogP contribution in [0, 0.1) is 0 Å². The Balaban J connectivity index is 2.77. The maximum atomic E-state index is 12.8. The summed E-state index contributed by atoms with van der Waals surface area (Å²) >= 11 is 0. The third-order valence-electron chi connectivity index (χ3n) is 4.73. The predicted molar refractivity (Wildman–Crippen MR) is 143 cm³/mol. The van der Waals surface area contributed by atoms with Gasteiger partial charge in [0.15, 0.2) is 0 Å². The van der Waals surface area contributed by atoms with E-state index in [0.717, 1.165) is 0 Å². The molecule has 1 rings (SSSR count). The topological polar surface area (TPSA) is 217 Å². The molecule has 6 N–H and O–H groups in total. The summed E-state index contributed by atoms with van der Waals surface area (Å²) in [4.78, 5) is 81.2. The van der Waals surface area contributed by atoms with Crippen LogP contribution < -0.4 is 21.3 Å². The van der Waals surface area contributed by atoms with Crippen molar-refractivity contribution in [3.63, 3.8) is 0 Å². The third kappa shape index (κ3) is 14.7. The lowest BCUT2D eigenvalue weighted by atomic mass is 10.1. The number of hydrogen-bond acceptors (Lipinski definition) is 10. The fourth-order valence-corrected chi connectivity index (χ4v) is 5.11. The highest BCUT2D eigenvalue weighted by Crippen LogP contribution is 2.21. The Labute approximate surface area is 231 Å². The first-order valence-corrected chi connectivity index (χ1v) is 14.0. The molecule has 0 radical (unpaired) electrons. The predicted octanol–water partition coefficient (Wildman–Crippen LogP) is -0.224. The van der Waals surface area contributed by atoms with Gasteiger partial charge in [0, 0.05) is 23.2 Å². The van der Waals surface area contributed by atoms with Crippen LogP contribution in [0.4, 0.5) is 5.69 Å². The number of aliphatic carboxylic acids is 2. The zero-order valence-electron chi connectivity index (χ0n) is 20.9. The van der Waals surface area contributed by atoms with Crippen molar-refractivity contribution in [2.45, 2.75) is 44.3 Å². The van der Waals surface area contributed by atoms with E-state index in [9.17, 15) is 43.8 Å². The summed E-state index contributed by atoms with van der Waals surface area (Å²) in [7, 11) is 2.79. The van der Waals surface area contributed by atoms with E-state index in [0.29, 0.717) is 35.6 Å². The molecule has 0 fully saturated rings. The lowest BCUT2D eigenvalue weighted by Gasteiger charge is -2.23. The van der Waals surface area contributed by atoms with Gasteiger partial charge in [0.2, 0.25) is 24.1 Å². The molecule has 16 heteroatoms. The van der Waals surface area contributed by atoms with Gasteiger partial charge in [0.05, 0.1) is 19.3 Å². The molecule has 214 valence electrons. The Bertz CT molecular complexity index is 1010. The quantitative estimate of drug-likeness (QED) is 0.0664. The first kappa shape index (κ1) is 33.2. The van der Waals surface area contributed by atoms with E-state index in [1.54, 1.807) is 31.2 Å². The normalized spacial score (nSPS) is 12.6. The molecule has 14 nitrogen and oxygen atoms in total. The summed E-state index contributed by atoms with van der Waals surface area (Å²) in [5.74, 6) is -4.34. The molecule has 0 spiro atoms. The molecule has 39 heavy (non-hydrogen) atoms. The minimum Gasteiger partial charge on any atom is -0.481 e. The SMILES string of the molecule is C[C@H](CSSCCOC=O)NC(=O)[C@H](CC(=O)O)NC(=O)[C@H](CC(=O)O)NC(=O)Cc1ccc(NC=O)cc1. The number of anilines is 1. The Kier molecular flexibility index (Phi) is 15.7. The molecule has 0 aromatic heterocycles. The van der Waals surface area contributed by atoms with Crippen LogP contribution in [0.15, 0.2) is 24.3 Å². The van der Waals surface area contributed by atoms with Crippen LogP contribution in [0.2, 0.25) is 0 Å². The molecule has 0 saturated heterocycles. The number of benzene rings is 1. The summed E-state index contributed by atoms with van der Waals surface area (Å²) in [6, 6.07) is 2.69. The number of carboxylic acids is 2. The largest absolute Gasteiger partial charge is 0.481 e. The zero-order valence-corrected chi connectivity index (χ0v) is 22.5. The van der Waals surface area contributed by atoms with E-state index >= 15 is 0 Å². The first-order chi connectivity index (χ1) is 18.5. The lowest BCUT2D eigenvalue weighted by Crippen LogP contribution is -2.56. The first-order valence-electron chi connectivity index (χ1n) is 11.5. The molecule has 0 saturated carbocycles. The molecule has 0 aliphatic rings. The van der Waals surface area contributed by atoms with Crippen LogP contribution in [0.25, 0.3) is 0 Å². The van der Waals surface area contributed by atoms with Crippen LogP contribution in [-0.2, 0) is 44.7 Å². The van der Waals surface area contributed by atoms with Crippen LogP contribution in [0.3, 0.4) is 0 Å². The summed E-state index contributed by atoms with van der Waals surface area (Å²) < 4.78 is 4.56. The molecule has 3 atom stereocenters. The van der Waals surface area contributed by atoms with Crippen molar-refractivity contribution in [1.82, 2.24) is 16.0 Å². The van der Waals surface area contributed by atoms with Crippen LogP contribution in [0.5, 0.6) is 0 Å². The van der Waals surface area contributed by atoms with Gasteiger partial charge in [-0.2, -0.15) is 0 Å². The van der Waals surface area contributed by atoms with Crippen molar-refractivity contribution in [3.8, 4) is 0 Å². The summed E-state index contributed by atoms with van der Waals surface area (Å²) in [6.07, 6.45) is -1.30. The highest BCUT2D eigenvalue weighted by Gasteiger charge is 2.30. The van der Waals surface area contributed by atoms with E-state index in [1.807, 2.05) is 0 Å². The van der Waals surface area contributed by atoms with Crippen molar-refractivity contribution in [2.24, 2.45) is 0 Å². The molecule has 0 aliphatic heterocycles. The number of carbonyl (C=O) groups excluding carboxylic acids is 5. The van der Waals surface area contributed by atoms with Gasteiger partial charge in [-0.1, -0.05) is 33.7 Å². The Hall–Kier alpha value is -3.79. The smallest absolute Gasteiger partial charge is 0.305 e. The molecule has 1 aromatic rings. The van der Waals surface area contributed by atoms with Crippen LogP contribution in [-0.4, -0.2) is 89.0 Å². The van der Waals surface area contributed by atoms with Gasteiger partial charge in [-0.25, -0.2) is 0 Å². The van der Waals surface area contributed by atoms with Gasteiger partial charge in [-0.3, -0.25) is 33.6 Å². The number of rotatable bonds is 20. The highest BCUT2D eigenvalue weighted by molar-refractivity contribution is 8.76. The summed E-state index contributed by atoms with van der Waals surface area (Å²) in [5.41, 5.74) is 1.01. The second kappa shape index (κ2) is 18.5. The van der Waals surface area contributed by atoms with Gasteiger partial charge in [-0.05, 0) is 24.6 Å². The standard InChI is InChI=1S/C23H30N4O10S2/c1-14(11-39-38-7-6-37-13-29)25-22(35)18(10-21(33)34)27-23(36)17(9-20(31)32)26-19(30)8-15-2-4-16(5-3-15)24-12-28/h2-5,12-14,17-18H,6-11H2,1H3,(H,24,28)(H,25,35)(H,26,30)(H,27,36)(H,31,32)(H,33,34)/t14-,17+,18+/m1/s1. The molecule has 1 aromatic carbocycles. The van der Waals surface area contributed by atoms with Gasteiger partial charge in [-0.15, -0.1) is 0 Å². The minimum atomic E-state index is -1.58. The fourth-order valence-electron chi connectivity index (χ4n) is 2.98. The number of ether oxygens (including phenoxy) is 1. The molecular weight excluding hydrogens is 556 g/mol. The second-order valence-electron chi connectivity index (χ2n) is 8.00. The zero-order chi connectivity index (χ0) is 29.2. The molecule has 0 unspecified atom stereocenters. The minimum absolute atomic E-state index is 0.210. The summed E-state index contributed by atoms with van der Waals surface area (Å²) in [6.45, 7) is 2.24. The van der Waals surface area contributed by atoms with Crippen molar-refractivity contribution in [2.75, 3.05) is 23.4 Å². The maximum absolute atomic E-state index is 12.8. The average Bonchev–Trinajstić information content (AvgIpc) is 2.86. The van der Waals surface area contributed by atoms with Crippen molar-refractivity contribution in [3.05, 3.63) is 29.8 Å². The van der Waals surface area contributed by atoms with E-state index in [2.05, 4.69) is 26.0 Å². The molecule has 0 heterocycles. The van der Waals surface area contributed by atoms with E-state index in [-0.39, 0.29) is 13.0 Å². The van der Waals surface area contributed by atoms with Gasteiger partial charge >= 0.3 is 11.9 Å². The molecule has 4 amide bonds. The second-order valence-corrected chi connectivity index (χ2v) is 10.6. The molecule has 0 bridgehead atoms. The van der Waals surface area contributed by atoms with Crippen LogP contribution >= 0.6 is 21.6 Å². The van der Waals surface area contributed by atoms with Crippen molar-refractivity contribution in [1.29, 1.82) is 0 Å². The van der Waals surface area contributed by atoms with E-state index < -0.39 is 60.6 Å². The molecule has 0 aliphatic carbocycles. The fraction of sp³-hybridized carbons (Fsp3) is 0.435. The van der Waals surface area contributed by atoms with Gasteiger partial charge in [0.25, 0.3) is 6.47 Å². The lowest BCUT2D eigenvalue weighted by molar-refractivity contribution is -0.143. The number of carbonyl (C=O) groups is 7. The number of amides is 4. The maximum Gasteiger partial charge on any atom is 0.305 e. The van der Waals surface area contributed by atoms with Crippen molar-refractivity contribution < 1.29 is 48.5 Å². The monoisotopic (exact) mass is 586 g/mol. The Morgan fingerprint density at radius 3 is 2.05 bits per heavy atom. The summed E-state index contributed by atoms with van der Waals surface area (Å²) in [5, 5.41) is 28.0. The molecular formula is C23H30N4O10S2. The van der Waals surface area contributed by atoms with Gasteiger partial charge < -0.3 is 36.2 Å². The number of hydrogen-bond donors (Lipinski definition) is 6. The number of nitrogens with one attached hydrogen (secondary N) is 4. The Morgan fingerprint density at radius 1 is 0.897 bits per heavy atom. The van der Waals surface area contributed by atoms with Crippen LogP contribution in [0.1, 0.15) is 25.3 Å². The van der Waals surface area contributed by atoms with E-state index in [4.69, 9.17) is 0 Å². The number of carboxylic acid groups (broad SMARTS) is 2. The average molecular weight is 587 g/mol. The van der Waals surface area contributed by atoms with Gasteiger partial charge in [0.1, 0.15) is 18.7 Å². The van der Waals surface area contributed by atoms with Crippen molar-refractivity contribution >= 4 is 69.8 Å². The van der Waals surface area contributed by atoms with E-state index in [1.165, 1.54) is 21.6 Å².